The first-order valence-corrected chi connectivity index (χ1v) is 8.47. The zero-order chi connectivity index (χ0) is 17.5. The van der Waals surface area contributed by atoms with Crippen LogP contribution in [-0.4, -0.2) is 24.2 Å². The van der Waals surface area contributed by atoms with E-state index in [9.17, 15) is 9.90 Å². The molecule has 4 nitrogen and oxygen atoms in total. The Hall–Kier alpha value is -2.23. The van der Waals surface area contributed by atoms with Gasteiger partial charge in [-0.15, -0.1) is 0 Å². The lowest BCUT2D eigenvalue weighted by Crippen LogP contribution is -2.38. The molecule has 0 atom stereocenters. The number of hydrogen-bond donors (Lipinski definition) is 2. The molecule has 2 N–H and O–H groups in total. The SMILES string of the molecule is C=C(C)/C=C/[C@H]1CC[C@H](NC(=O)Cc2ccc(O)c(OC)c2)CC1. The number of ether oxygens (including phenoxy) is 1. The van der Waals surface area contributed by atoms with Crippen molar-refractivity contribution in [1.82, 2.24) is 5.32 Å². The molecule has 0 radical (unpaired) electrons. The number of allylic oxidation sites excluding steroid dienone is 3. The molecule has 0 aromatic heterocycles. The van der Waals surface area contributed by atoms with Crippen LogP contribution in [0.15, 0.2) is 42.5 Å². The number of methoxy groups -OCH3 is 1. The predicted octanol–water partition coefficient (Wildman–Crippen LogP) is 3.75. The normalized spacial score (nSPS) is 20.8. The Labute approximate surface area is 144 Å². The van der Waals surface area contributed by atoms with Crippen LogP contribution in [0, 0.1) is 5.92 Å². The molecule has 0 saturated heterocycles. The summed E-state index contributed by atoms with van der Waals surface area (Å²) in [6.45, 7) is 5.88. The van der Waals surface area contributed by atoms with Gasteiger partial charge in [-0.05, 0) is 56.2 Å². The Bertz CT molecular complexity index is 613. The summed E-state index contributed by atoms with van der Waals surface area (Å²) < 4.78 is 5.07. The van der Waals surface area contributed by atoms with Crippen molar-refractivity contribution in [2.24, 2.45) is 5.92 Å². The third-order valence-corrected chi connectivity index (χ3v) is 4.40. The van der Waals surface area contributed by atoms with E-state index < -0.39 is 0 Å². The van der Waals surface area contributed by atoms with Gasteiger partial charge in [0, 0.05) is 6.04 Å². The average Bonchev–Trinajstić information content (AvgIpc) is 2.56. The van der Waals surface area contributed by atoms with E-state index in [4.69, 9.17) is 4.74 Å². The third-order valence-electron chi connectivity index (χ3n) is 4.40. The van der Waals surface area contributed by atoms with Crippen molar-refractivity contribution in [3.63, 3.8) is 0 Å². The van der Waals surface area contributed by atoms with E-state index in [2.05, 4.69) is 24.0 Å². The van der Waals surface area contributed by atoms with Gasteiger partial charge in [-0.25, -0.2) is 0 Å². The molecule has 0 bridgehead atoms. The van der Waals surface area contributed by atoms with E-state index in [0.29, 0.717) is 18.1 Å². The Morgan fingerprint density at radius 2 is 2.08 bits per heavy atom. The fraction of sp³-hybridized carbons (Fsp3) is 0.450. The zero-order valence-corrected chi connectivity index (χ0v) is 14.5. The number of hydrogen-bond acceptors (Lipinski definition) is 3. The predicted molar refractivity (Wildman–Crippen MR) is 96.2 cm³/mol. The molecule has 1 fully saturated rings. The van der Waals surface area contributed by atoms with Crippen LogP contribution in [0.2, 0.25) is 0 Å². The second-order valence-electron chi connectivity index (χ2n) is 6.57. The fourth-order valence-corrected chi connectivity index (χ4v) is 3.05. The van der Waals surface area contributed by atoms with Crippen LogP contribution in [0.1, 0.15) is 38.2 Å². The third kappa shape index (κ3) is 5.44. The minimum atomic E-state index is 0.0173. The smallest absolute Gasteiger partial charge is 0.224 e. The van der Waals surface area contributed by atoms with E-state index in [1.54, 1.807) is 18.2 Å². The maximum Gasteiger partial charge on any atom is 0.224 e. The number of benzene rings is 1. The summed E-state index contributed by atoms with van der Waals surface area (Å²) >= 11 is 0. The summed E-state index contributed by atoms with van der Waals surface area (Å²) in [7, 11) is 1.50. The van der Waals surface area contributed by atoms with Crippen LogP contribution in [0.4, 0.5) is 0 Å². The maximum atomic E-state index is 12.2. The minimum Gasteiger partial charge on any atom is -0.504 e. The van der Waals surface area contributed by atoms with Gasteiger partial charge in [-0.3, -0.25) is 4.79 Å². The lowest BCUT2D eigenvalue weighted by atomic mass is 9.85. The largest absolute Gasteiger partial charge is 0.504 e. The molecule has 4 heteroatoms. The van der Waals surface area contributed by atoms with Gasteiger partial charge < -0.3 is 15.2 Å². The van der Waals surface area contributed by atoms with Gasteiger partial charge >= 0.3 is 0 Å². The molecule has 2 rings (SSSR count). The van der Waals surface area contributed by atoms with Crippen molar-refractivity contribution in [3.05, 3.63) is 48.1 Å². The molecule has 0 spiro atoms. The maximum absolute atomic E-state index is 12.2. The molecular formula is C20H27NO3. The Kier molecular flexibility index (Phi) is 6.47. The quantitative estimate of drug-likeness (QED) is 0.782. The number of amides is 1. The standard InChI is InChI=1S/C20H27NO3/c1-14(2)4-5-15-6-9-17(10-7-15)21-20(23)13-16-8-11-18(22)19(12-16)24-3/h4-5,8,11-12,15,17,22H,1,6-7,9-10,13H2,2-3H3,(H,21,23)/b5-4+/t15-,17-. The first kappa shape index (κ1) is 18.1. The monoisotopic (exact) mass is 329 g/mol. The van der Waals surface area contributed by atoms with E-state index in [1.165, 1.54) is 7.11 Å². The zero-order valence-electron chi connectivity index (χ0n) is 14.5. The van der Waals surface area contributed by atoms with Crippen LogP contribution in [-0.2, 0) is 11.2 Å². The number of aromatic hydroxyl groups is 1. The lowest BCUT2D eigenvalue weighted by Gasteiger charge is -2.27. The van der Waals surface area contributed by atoms with Crippen LogP contribution in [0.3, 0.4) is 0 Å². The summed E-state index contributed by atoms with van der Waals surface area (Å²) in [5.74, 6) is 1.09. The molecule has 1 aromatic carbocycles. The molecule has 130 valence electrons. The van der Waals surface area contributed by atoms with Crippen molar-refractivity contribution in [3.8, 4) is 11.5 Å². The average molecular weight is 329 g/mol. The number of phenols is 1. The van der Waals surface area contributed by atoms with Gasteiger partial charge in [0.1, 0.15) is 0 Å². The Morgan fingerprint density at radius 3 is 2.71 bits per heavy atom. The second-order valence-corrected chi connectivity index (χ2v) is 6.57. The van der Waals surface area contributed by atoms with Crippen molar-refractivity contribution in [1.29, 1.82) is 0 Å². The highest BCUT2D eigenvalue weighted by atomic mass is 16.5. The second kappa shape index (κ2) is 8.57. The molecule has 0 unspecified atom stereocenters. The van der Waals surface area contributed by atoms with Crippen molar-refractivity contribution in [2.75, 3.05) is 7.11 Å². The van der Waals surface area contributed by atoms with Gasteiger partial charge in [-0.2, -0.15) is 0 Å². The number of nitrogens with one attached hydrogen (secondary N) is 1. The summed E-state index contributed by atoms with van der Waals surface area (Å²) in [6, 6.07) is 5.26. The molecule has 24 heavy (non-hydrogen) atoms. The number of rotatable bonds is 6. The Morgan fingerprint density at radius 1 is 1.38 bits per heavy atom. The number of phenolic OH excluding ortho intramolecular Hbond substituents is 1. The van der Waals surface area contributed by atoms with Gasteiger partial charge in [0.25, 0.3) is 0 Å². The van der Waals surface area contributed by atoms with Crippen molar-refractivity contribution < 1.29 is 14.6 Å². The Balaban J connectivity index is 1.80. The van der Waals surface area contributed by atoms with E-state index in [-0.39, 0.29) is 17.7 Å². The number of carbonyl (C=O) groups is 1. The molecule has 0 aliphatic heterocycles. The van der Waals surface area contributed by atoms with Crippen molar-refractivity contribution in [2.45, 2.75) is 45.1 Å². The lowest BCUT2D eigenvalue weighted by molar-refractivity contribution is -0.121. The fourth-order valence-electron chi connectivity index (χ4n) is 3.05. The van der Waals surface area contributed by atoms with Crippen LogP contribution in [0.25, 0.3) is 0 Å². The van der Waals surface area contributed by atoms with E-state index >= 15 is 0 Å². The molecule has 0 heterocycles. The van der Waals surface area contributed by atoms with Gasteiger partial charge in [0.05, 0.1) is 13.5 Å². The highest BCUT2D eigenvalue weighted by molar-refractivity contribution is 5.79. The van der Waals surface area contributed by atoms with Crippen LogP contribution < -0.4 is 10.1 Å². The summed E-state index contributed by atoms with van der Waals surface area (Å²) in [5.41, 5.74) is 1.91. The van der Waals surface area contributed by atoms with Gasteiger partial charge in [-0.1, -0.05) is 30.4 Å². The highest BCUT2D eigenvalue weighted by Crippen LogP contribution is 2.27. The van der Waals surface area contributed by atoms with Crippen molar-refractivity contribution >= 4 is 5.91 Å². The van der Waals surface area contributed by atoms with E-state index in [0.717, 1.165) is 36.8 Å². The molecule has 1 amide bonds. The molecular weight excluding hydrogens is 302 g/mol. The molecule has 1 aliphatic rings. The first-order valence-electron chi connectivity index (χ1n) is 8.47. The van der Waals surface area contributed by atoms with E-state index in [1.807, 2.05) is 6.92 Å². The number of carbonyl (C=O) groups excluding carboxylic acids is 1. The van der Waals surface area contributed by atoms with Gasteiger partial charge in [0.15, 0.2) is 11.5 Å². The molecule has 1 saturated carbocycles. The van der Waals surface area contributed by atoms with Crippen LogP contribution in [0.5, 0.6) is 11.5 Å². The first-order chi connectivity index (χ1) is 11.5. The highest BCUT2D eigenvalue weighted by Gasteiger charge is 2.21. The summed E-state index contributed by atoms with van der Waals surface area (Å²) in [4.78, 5) is 12.2. The molecule has 1 aromatic rings. The minimum absolute atomic E-state index is 0.0173. The summed E-state index contributed by atoms with van der Waals surface area (Å²) in [6.07, 6.45) is 8.84. The van der Waals surface area contributed by atoms with Crippen LogP contribution >= 0.6 is 0 Å². The topological polar surface area (TPSA) is 58.6 Å². The molecule has 1 aliphatic carbocycles. The van der Waals surface area contributed by atoms with Gasteiger partial charge in [0.2, 0.25) is 5.91 Å². The summed E-state index contributed by atoms with van der Waals surface area (Å²) in [5, 5.41) is 12.7.